The Balaban J connectivity index is 1.65. The first kappa shape index (κ1) is 16.1. The highest BCUT2D eigenvalue weighted by molar-refractivity contribution is 5.99. The summed E-state index contributed by atoms with van der Waals surface area (Å²) in [5, 5.41) is 8.47. The molecule has 0 radical (unpaired) electrons. The van der Waals surface area contributed by atoms with Crippen LogP contribution < -0.4 is 16.0 Å². The smallest absolute Gasteiger partial charge is 0.319 e. The largest absolute Gasteiger partial charge is 0.355 e. The van der Waals surface area contributed by atoms with Gasteiger partial charge in [-0.2, -0.15) is 0 Å². The Morgan fingerprint density at radius 1 is 1.00 bits per heavy atom. The predicted molar refractivity (Wildman–Crippen MR) is 94.4 cm³/mol. The third-order valence-corrected chi connectivity index (χ3v) is 4.44. The zero-order valence-corrected chi connectivity index (χ0v) is 13.8. The van der Waals surface area contributed by atoms with Gasteiger partial charge in [-0.15, -0.1) is 0 Å². The van der Waals surface area contributed by atoms with Crippen LogP contribution in [0.2, 0.25) is 0 Å². The molecule has 124 valence electrons. The molecule has 3 N–H and O–H groups in total. The SMILES string of the molecule is CNC(=O)c1cccc(NC(=O)NC2Cc3ccccc3C2)c1C. The average molecular weight is 323 g/mol. The van der Waals surface area contributed by atoms with Crippen molar-refractivity contribution >= 4 is 17.6 Å². The van der Waals surface area contributed by atoms with E-state index in [2.05, 4.69) is 28.1 Å². The molecule has 0 saturated heterocycles. The van der Waals surface area contributed by atoms with Crippen molar-refractivity contribution in [2.45, 2.75) is 25.8 Å². The van der Waals surface area contributed by atoms with Crippen LogP contribution in [0.3, 0.4) is 0 Å². The van der Waals surface area contributed by atoms with Crippen molar-refractivity contribution in [1.82, 2.24) is 10.6 Å². The zero-order chi connectivity index (χ0) is 17.1. The van der Waals surface area contributed by atoms with Crippen LogP contribution in [0.25, 0.3) is 0 Å². The third kappa shape index (κ3) is 3.25. The van der Waals surface area contributed by atoms with Gasteiger partial charge in [0.25, 0.3) is 5.91 Å². The number of amides is 3. The van der Waals surface area contributed by atoms with Gasteiger partial charge in [0.1, 0.15) is 0 Å². The monoisotopic (exact) mass is 323 g/mol. The van der Waals surface area contributed by atoms with E-state index in [1.54, 1.807) is 25.2 Å². The molecule has 0 spiro atoms. The Morgan fingerprint density at radius 3 is 2.29 bits per heavy atom. The zero-order valence-electron chi connectivity index (χ0n) is 13.8. The summed E-state index contributed by atoms with van der Waals surface area (Å²) in [7, 11) is 1.59. The second-order valence-electron chi connectivity index (χ2n) is 6.03. The molecule has 1 aliphatic rings. The molecule has 0 fully saturated rings. The van der Waals surface area contributed by atoms with Crippen molar-refractivity contribution in [3.8, 4) is 0 Å². The number of nitrogens with one attached hydrogen (secondary N) is 3. The third-order valence-electron chi connectivity index (χ3n) is 4.44. The summed E-state index contributed by atoms with van der Waals surface area (Å²) < 4.78 is 0. The summed E-state index contributed by atoms with van der Waals surface area (Å²) in [6.07, 6.45) is 1.70. The highest BCUT2D eigenvalue weighted by atomic mass is 16.2. The number of hydrogen-bond acceptors (Lipinski definition) is 2. The summed E-state index contributed by atoms with van der Waals surface area (Å²) in [6, 6.07) is 13.4. The number of benzene rings is 2. The molecule has 3 amide bonds. The highest BCUT2D eigenvalue weighted by Crippen LogP contribution is 2.22. The Morgan fingerprint density at radius 2 is 1.67 bits per heavy atom. The van der Waals surface area contributed by atoms with E-state index in [1.807, 2.05) is 19.1 Å². The minimum absolute atomic E-state index is 0.102. The quantitative estimate of drug-likeness (QED) is 0.813. The molecule has 0 unspecified atom stereocenters. The number of rotatable bonds is 3. The van der Waals surface area contributed by atoms with Crippen LogP contribution in [-0.2, 0) is 12.8 Å². The van der Waals surface area contributed by atoms with E-state index < -0.39 is 0 Å². The maximum Gasteiger partial charge on any atom is 0.319 e. The van der Waals surface area contributed by atoms with E-state index >= 15 is 0 Å². The van der Waals surface area contributed by atoms with Gasteiger partial charge in [-0.3, -0.25) is 4.79 Å². The van der Waals surface area contributed by atoms with Crippen LogP contribution in [0.1, 0.15) is 27.0 Å². The number of fused-ring (bicyclic) bond motifs is 1. The standard InChI is InChI=1S/C19H21N3O2/c1-12-16(18(23)20-2)8-5-9-17(12)22-19(24)21-15-10-13-6-3-4-7-14(13)11-15/h3-9,15H,10-11H2,1-2H3,(H,20,23)(H2,21,22,24). The maximum atomic E-state index is 12.3. The molecule has 0 atom stereocenters. The molecule has 3 rings (SSSR count). The van der Waals surface area contributed by atoms with E-state index in [9.17, 15) is 9.59 Å². The number of carbonyl (C=O) groups is 2. The van der Waals surface area contributed by atoms with Crippen molar-refractivity contribution in [2.75, 3.05) is 12.4 Å². The molecule has 0 bridgehead atoms. The van der Waals surface area contributed by atoms with Gasteiger partial charge in [-0.25, -0.2) is 4.79 Å². The van der Waals surface area contributed by atoms with Crippen molar-refractivity contribution < 1.29 is 9.59 Å². The minimum Gasteiger partial charge on any atom is -0.355 e. The Bertz CT molecular complexity index is 761. The van der Waals surface area contributed by atoms with E-state index in [4.69, 9.17) is 0 Å². The number of anilines is 1. The van der Waals surface area contributed by atoms with E-state index in [0.29, 0.717) is 11.3 Å². The lowest BCUT2D eigenvalue weighted by molar-refractivity contribution is 0.0962. The van der Waals surface area contributed by atoms with Crippen molar-refractivity contribution in [2.24, 2.45) is 0 Å². The van der Waals surface area contributed by atoms with Crippen LogP contribution in [0.5, 0.6) is 0 Å². The summed E-state index contributed by atoms with van der Waals surface area (Å²) in [6.45, 7) is 1.83. The summed E-state index contributed by atoms with van der Waals surface area (Å²) >= 11 is 0. The minimum atomic E-state index is -0.245. The number of carbonyl (C=O) groups excluding carboxylic acids is 2. The molecule has 1 aliphatic carbocycles. The first-order chi connectivity index (χ1) is 11.6. The summed E-state index contributed by atoms with van der Waals surface area (Å²) in [5.74, 6) is -0.164. The fraction of sp³-hybridized carbons (Fsp3) is 0.263. The molecule has 5 heteroatoms. The lowest BCUT2D eigenvalue weighted by Gasteiger charge is -2.15. The van der Waals surface area contributed by atoms with Gasteiger partial charge in [-0.05, 0) is 48.6 Å². The fourth-order valence-corrected chi connectivity index (χ4v) is 3.16. The molecule has 24 heavy (non-hydrogen) atoms. The molecule has 2 aromatic rings. The molecule has 2 aromatic carbocycles. The van der Waals surface area contributed by atoms with E-state index in [0.717, 1.165) is 18.4 Å². The van der Waals surface area contributed by atoms with E-state index in [1.165, 1.54) is 11.1 Å². The second kappa shape index (κ2) is 6.74. The second-order valence-corrected chi connectivity index (χ2v) is 6.03. The number of urea groups is 1. The van der Waals surface area contributed by atoms with Gasteiger partial charge >= 0.3 is 6.03 Å². The number of hydrogen-bond donors (Lipinski definition) is 3. The maximum absolute atomic E-state index is 12.3. The normalized spacial score (nSPS) is 13.2. The average Bonchev–Trinajstić information content (AvgIpc) is 2.98. The van der Waals surface area contributed by atoms with Gasteiger partial charge in [0.05, 0.1) is 0 Å². The first-order valence-electron chi connectivity index (χ1n) is 8.04. The van der Waals surface area contributed by atoms with Crippen LogP contribution in [0.15, 0.2) is 42.5 Å². The molecule has 0 heterocycles. The topological polar surface area (TPSA) is 70.2 Å². The van der Waals surface area contributed by atoms with Crippen molar-refractivity contribution in [1.29, 1.82) is 0 Å². The molecule has 0 aromatic heterocycles. The molecular formula is C19H21N3O2. The van der Waals surface area contributed by atoms with Crippen molar-refractivity contribution in [3.05, 3.63) is 64.7 Å². The Kier molecular flexibility index (Phi) is 4.51. The van der Waals surface area contributed by atoms with Gasteiger partial charge < -0.3 is 16.0 Å². The van der Waals surface area contributed by atoms with Gasteiger partial charge in [-0.1, -0.05) is 30.3 Å². The molecule has 0 saturated carbocycles. The van der Waals surface area contributed by atoms with Crippen LogP contribution in [0.4, 0.5) is 10.5 Å². The van der Waals surface area contributed by atoms with E-state index in [-0.39, 0.29) is 18.0 Å². The fourth-order valence-electron chi connectivity index (χ4n) is 3.16. The molecular weight excluding hydrogens is 302 g/mol. The van der Waals surface area contributed by atoms with Crippen LogP contribution in [0, 0.1) is 6.92 Å². The van der Waals surface area contributed by atoms with Crippen LogP contribution in [-0.4, -0.2) is 25.0 Å². The Hall–Kier alpha value is -2.82. The molecule has 5 nitrogen and oxygen atoms in total. The van der Waals surface area contributed by atoms with Crippen molar-refractivity contribution in [3.63, 3.8) is 0 Å². The van der Waals surface area contributed by atoms with Gasteiger partial charge in [0.2, 0.25) is 0 Å². The van der Waals surface area contributed by atoms with Gasteiger partial charge in [0.15, 0.2) is 0 Å². The lowest BCUT2D eigenvalue weighted by atomic mass is 10.1. The summed E-state index contributed by atoms with van der Waals surface area (Å²) in [5.41, 5.74) is 4.54. The Labute approximate surface area is 141 Å². The van der Waals surface area contributed by atoms with Gasteiger partial charge in [0, 0.05) is 24.3 Å². The lowest BCUT2D eigenvalue weighted by Crippen LogP contribution is -2.38. The molecule has 0 aliphatic heterocycles. The van der Waals surface area contributed by atoms with Crippen LogP contribution >= 0.6 is 0 Å². The predicted octanol–water partition coefficient (Wildman–Crippen LogP) is 2.64. The first-order valence-corrected chi connectivity index (χ1v) is 8.04. The summed E-state index contributed by atoms with van der Waals surface area (Å²) in [4.78, 5) is 24.1. The highest BCUT2D eigenvalue weighted by Gasteiger charge is 2.22.